The van der Waals surface area contributed by atoms with Crippen LogP contribution in [0.15, 0.2) is 12.4 Å². The monoisotopic (exact) mass is 232 g/mol. The molecule has 3 N–H and O–H groups in total. The molecule has 90 valence electrons. The normalized spacial score (nSPS) is 10.6. The van der Waals surface area contributed by atoms with Gasteiger partial charge in [-0.3, -0.25) is 4.68 Å². The predicted octanol–water partition coefficient (Wildman–Crippen LogP) is 1.26. The number of aryl methyl sites for hydroxylation is 2. The van der Waals surface area contributed by atoms with Gasteiger partial charge in [0.1, 0.15) is 5.82 Å². The molecule has 2 heterocycles. The van der Waals surface area contributed by atoms with E-state index in [1.165, 1.54) is 0 Å². The topological polar surface area (TPSA) is 81.7 Å². The summed E-state index contributed by atoms with van der Waals surface area (Å²) in [7, 11) is 0. The Bertz CT molecular complexity index is 531. The first-order chi connectivity index (χ1) is 8.15. The second-order valence-electron chi connectivity index (χ2n) is 3.84. The molecule has 0 aliphatic rings. The molecule has 0 unspecified atom stereocenters. The highest BCUT2D eigenvalue weighted by Gasteiger charge is 2.10. The van der Waals surface area contributed by atoms with Crippen molar-refractivity contribution in [3.05, 3.63) is 23.7 Å². The Morgan fingerprint density at radius 1 is 1.35 bits per heavy atom. The quantitative estimate of drug-likeness (QED) is 0.615. The minimum Gasteiger partial charge on any atom is -0.308 e. The van der Waals surface area contributed by atoms with Gasteiger partial charge in [-0.05, 0) is 20.8 Å². The van der Waals surface area contributed by atoms with Crippen LogP contribution in [0.1, 0.15) is 18.2 Å². The van der Waals surface area contributed by atoms with Gasteiger partial charge in [-0.25, -0.2) is 15.8 Å². The van der Waals surface area contributed by atoms with Crippen molar-refractivity contribution < 1.29 is 0 Å². The molecule has 0 aliphatic heterocycles. The lowest BCUT2D eigenvalue weighted by Crippen LogP contribution is -2.12. The van der Waals surface area contributed by atoms with Gasteiger partial charge in [0.05, 0.1) is 11.8 Å². The van der Waals surface area contributed by atoms with Crippen LogP contribution in [0.4, 0.5) is 5.82 Å². The predicted molar refractivity (Wildman–Crippen MR) is 66.2 cm³/mol. The second kappa shape index (κ2) is 4.50. The van der Waals surface area contributed by atoms with Crippen molar-refractivity contribution in [2.24, 2.45) is 5.84 Å². The molecule has 0 fully saturated rings. The first-order valence-electron chi connectivity index (χ1n) is 5.50. The number of nitrogen functional groups attached to an aromatic ring is 1. The summed E-state index contributed by atoms with van der Waals surface area (Å²) in [6, 6.07) is 0. The van der Waals surface area contributed by atoms with E-state index in [1.54, 1.807) is 6.20 Å². The molecule has 2 aromatic rings. The minimum atomic E-state index is 0.640. The molecular weight excluding hydrogens is 216 g/mol. The van der Waals surface area contributed by atoms with Crippen LogP contribution < -0.4 is 11.3 Å². The van der Waals surface area contributed by atoms with E-state index in [2.05, 4.69) is 20.5 Å². The third-order valence-electron chi connectivity index (χ3n) is 2.74. The highest BCUT2D eigenvalue weighted by Crippen LogP contribution is 2.20. The number of rotatable bonds is 3. The van der Waals surface area contributed by atoms with E-state index in [1.807, 2.05) is 31.6 Å². The fraction of sp³-hybridized carbons (Fsp3) is 0.364. The van der Waals surface area contributed by atoms with Crippen molar-refractivity contribution in [3.63, 3.8) is 0 Å². The maximum Gasteiger partial charge on any atom is 0.165 e. The van der Waals surface area contributed by atoms with Crippen molar-refractivity contribution in [1.82, 2.24) is 19.7 Å². The zero-order valence-electron chi connectivity index (χ0n) is 10.2. The first-order valence-corrected chi connectivity index (χ1v) is 5.50. The Balaban J connectivity index is 2.48. The minimum absolute atomic E-state index is 0.640. The largest absolute Gasteiger partial charge is 0.308 e. The number of hydrogen-bond acceptors (Lipinski definition) is 5. The highest BCUT2D eigenvalue weighted by atomic mass is 15.3. The fourth-order valence-electron chi connectivity index (χ4n) is 1.55. The number of hydrazine groups is 1. The summed E-state index contributed by atoms with van der Waals surface area (Å²) in [4.78, 5) is 8.81. The van der Waals surface area contributed by atoms with Gasteiger partial charge >= 0.3 is 0 Å². The Morgan fingerprint density at radius 2 is 2.12 bits per heavy atom. The van der Waals surface area contributed by atoms with Gasteiger partial charge in [0, 0.05) is 24.0 Å². The van der Waals surface area contributed by atoms with Crippen LogP contribution in [0, 0.1) is 13.8 Å². The summed E-state index contributed by atoms with van der Waals surface area (Å²) in [6.07, 6.45) is 3.68. The SMILES string of the molecule is CCn1cc(-c2nc(C)c(C)c(NN)n2)cn1. The van der Waals surface area contributed by atoms with E-state index in [0.717, 1.165) is 23.4 Å². The van der Waals surface area contributed by atoms with Gasteiger partial charge in [-0.1, -0.05) is 0 Å². The molecule has 0 bridgehead atoms. The fourth-order valence-corrected chi connectivity index (χ4v) is 1.55. The summed E-state index contributed by atoms with van der Waals surface area (Å²) in [5.41, 5.74) is 5.35. The lowest BCUT2D eigenvalue weighted by molar-refractivity contribution is 0.660. The van der Waals surface area contributed by atoms with E-state index in [4.69, 9.17) is 5.84 Å². The van der Waals surface area contributed by atoms with Crippen LogP contribution in [-0.2, 0) is 6.54 Å². The molecule has 0 amide bonds. The van der Waals surface area contributed by atoms with Gasteiger partial charge in [-0.2, -0.15) is 5.10 Å². The standard InChI is InChI=1S/C11H16N6/c1-4-17-6-9(5-13-17)11-14-8(3)7(2)10(15-11)16-12/h5-6H,4,12H2,1-3H3,(H,14,15,16). The Labute approximate surface area is 99.9 Å². The van der Waals surface area contributed by atoms with E-state index in [9.17, 15) is 0 Å². The van der Waals surface area contributed by atoms with Crippen molar-refractivity contribution in [1.29, 1.82) is 0 Å². The van der Waals surface area contributed by atoms with Crippen molar-refractivity contribution in [2.45, 2.75) is 27.3 Å². The number of anilines is 1. The van der Waals surface area contributed by atoms with Gasteiger partial charge in [-0.15, -0.1) is 0 Å². The number of nitrogens with zero attached hydrogens (tertiary/aromatic N) is 4. The molecule has 6 heteroatoms. The summed E-state index contributed by atoms with van der Waals surface area (Å²) in [6.45, 7) is 6.73. The maximum absolute atomic E-state index is 5.44. The zero-order valence-corrected chi connectivity index (χ0v) is 10.2. The average molecular weight is 232 g/mol. The summed E-state index contributed by atoms with van der Waals surface area (Å²) in [5, 5.41) is 4.20. The van der Waals surface area contributed by atoms with Crippen LogP contribution in [0.5, 0.6) is 0 Å². The van der Waals surface area contributed by atoms with E-state index in [-0.39, 0.29) is 0 Å². The molecule has 0 radical (unpaired) electrons. The van der Waals surface area contributed by atoms with Gasteiger partial charge in [0.2, 0.25) is 0 Å². The van der Waals surface area contributed by atoms with Gasteiger partial charge in [0.25, 0.3) is 0 Å². The van der Waals surface area contributed by atoms with E-state index >= 15 is 0 Å². The molecular formula is C11H16N6. The number of hydrogen-bond donors (Lipinski definition) is 2. The van der Waals surface area contributed by atoms with E-state index < -0.39 is 0 Å². The van der Waals surface area contributed by atoms with Crippen molar-refractivity contribution in [2.75, 3.05) is 5.43 Å². The number of aromatic nitrogens is 4. The Kier molecular flexibility index (Phi) is 3.06. The molecule has 0 aromatic carbocycles. The van der Waals surface area contributed by atoms with Crippen molar-refractivity contribution >= 4 is 5.82 Å². The third kappa shape index (κ3) is 2.12. The molecule has 0 saturated carbocycles. The molecule has 17 heavy (non-hydrogen) atoms. The van der Waals surface area contributed by atoms with Crippen LogP contribution in [-0.4, -0.2) is 19.7 Å². The maximum atomic E-state index is 5.44. The summed E-state index contributed by atoms with van der Waals surface area (Å²) >= 11 is 0. The van der Waals surface area contributed by atoms with Crippen LogP contribution in [0.25, 0.3) is 11.4 Å². The van der Waals surface area contributed by atoms with Crippen LogP contribution >= 0.6 is 0 Å². The smallest absolute Gasteiger partial charge is 0.165 e. The van der Waals surface area contributed by atoms with Gasteiger partial charge < -0.3 is 5.43 Å². The lowest BCUT2D eigenvalue weighted by Gasteiger charge is -2.08. The average Bonchev–Trinajstić information content (AvgIpc) is 2.81. The van der Waals surface area contributed by atoms with Crippen LogP contribution in [0.3, 0.4) is 0 Å². The van der Waals surface area contributed by atoms with Crippen LogP contribution in [0.2, 0.25) is 0 Å². The molecule has 2 aromatic heterocycles. The molecule has 2 rings (SSSR count). The number of nitrogens with one attached hydrogen (secondary N) is 1. The van der Waals surface area contributed by atoms with Gasteiger partial charge in [0.15, 0.2) is 5.82 Å². The first kappa shape index (κ1) is 11.5. The zero-order chi connectivity index (χ0) is 12.4. The van der Waals surface area contributed by atoms with E-state index in [0.29, 0.717) is 11.6 Å². The third-order valence-corrected chi connectivity index (χ3v) is 2.74. The molecule has 6 nitrogen and oxygen atoms in total. The lowest BCUT2D eigenvalue weighted by atomic mass is 10.2. The Morgan fingerprint density at radius 3 is 2.71 bits per heavy atom. The summed E-state index contributed by atoms with van der Waals surface area (Å²) < 4.78 is 1.84. The molecule has 0 spiro atoms. The molecule has 0 saturated heterocycles. The summed E-state index contributed by atoms with van der Waals surface area (Å²) in [5.74, 6) is 6.73. The Hall–Kier alpha value is -1.95. The second-order valence-corrected chi connectivity index (χ2v) is 3.84. The molecule has 0 atom stereocenters. The molecule has 0 aliphatic carbocycles. The van der Waals surface area contributed by atoms with Crippen molar-refractivity contribution in [3.8, 4) is 11.4 Å². The number of nitrogens with two attached hydrogens (primary N) is 1. The highest BCUT2D eigenvalue weighted by molar-refractivity contribution is 5.57.